The van der Waals surface area contributed by atoms with E-state index in [-0.39, 0.29) is 30.9 Å². The molecule has 0 aliphatic carbocycles. The molecular weight excluding hydrogens is 394 g/mol. The summed E-state index contributed by atoms with van der Waals surface area (Å²) in [6.45, 7) is 4.35. The maximum atomic E-state index is 12.2. The third kappa shape index (κ3) is 6.28. The maximum absolute atomic E-state index is 12.2. The van der Waals surface area contributed by atoms with Gasteiger partial charge in [0.1, 0.15) is 0 Å². The van der Waals surface area contributed by atoms with Crippen LogP contribution in [0.1, 0.15) is 24.1 Å². The van der Waals surface area contributed by atoms with E-state index in [1.54, 1.807) is 0 Å². The summed E-state index contributed by atoms with van der Waals surface area (Å²) in [5.74, 6) is -0.191. The highest BCUT2D eigenvalue weighted by molar-refractivity contribution is 9.10. The number of hydrogen-bond acceptors (Lipinski definition) is 2. The van der Waals surface area contributed by atoms with Crippen molar-refractivity contribution in [1.82, 2.24) is 5.32 Å². The molecule has 0 saturated heterocycles. The maximum Gasteiger partial charge on any atom is 0.279 e. The van der Waals surface area contributed by atoms with Crippen molar-refractivity contribution in [2.75, 3.05) is 25.5 Å². The second-order valence-corrected chi connectivity index (χ2v) is 7.43. The fraction of sp³-hybridized carbons (Fsp3) is 0.300. The van der Waals surface area contributed by atoms with Crippen LogP contribution in [0.3, 0.4) is 0 Å². The third-order valence-corrected chi connectivity index (χ3v) is 4.56. The lowest BCUT2D eigenvalue weighted by atomic mass is 10.1. The molecule has 0 aliphatic heterocycles. The van der Waals surface area contributed by atoms with Crippen LogP contribution in [0.4, 0.5) is 5.69 Å². The average Bonchev–Trinajstić information content (AvgIpc) is 2.57. The molecule has 5 nitrogen and oxygen atoms in total. The summed E-state index contributed by atoms with van der Waals surface area (Å²) in [6.07, 6.45) is 0. The van der Waals surface area contributed by atoms with E-state index in [2.05, 4.69) is 26.6 Å². The zero-order chi connectivity index (χ0) is 19.1. The fourth-order valence-corrected chi connectivity index (χ4v) is 3.17. The molecule has 1 unspecified atom stereocenters. The fourth-order valence-electron chi connectivity index (χ4n) is 2.69. The van der Waals surface area contributed by atoms with E-state index >= 15 is 0 Å². The van der Waals surface area contributed by atoms with Crippen LogP contribution in [0.25, 0.3) is 0 Å². The van der Waals surface area contributed by atoms with Gasteiger partial charge in [0.25, 0.3) is 11.8 Å². The van der Waals surface area contributed by atoms with Crippen LogP contribution in [0, 0.1) is 6.92 Å². The van der Waals surface area contributed by atoms with Gasteiger partial charge in [0, 0.05) is 10.2 Å². The summed E-state index contributed by atoms with van der Waals surface area (Å²) in [7, 11) is 1.83. The number of halogens is 1. The number of anilines is 1. The van der Waals surface area contributed by atoms with Crippen molar-refractivity contribution >= 4 is 33.4 Å². The molecule has 0 heterocycles. The summed E-state index contributed by atoms with van der Waals surface area (Å²) in [5.41, 5.74) is 2.83. The number of aryl methyl sites for hydroxylation is 1. The number of hydrogen-bond donors (Lipinski definition) is 3. The van der Waals surface area contributed by atoms with Crippen LogP contribution in [0.15, 0.2) is 53.0 Å². The van der Waals surface area contributed by atoms with E-state index in [0.717, 1.165) is 26.2 Å². The summed E-state index contributed by atoms with van der Waals surface area (Å²) in [4.78, 5) is 25.2. The van der Waals surface area contributed by atoms with Crippen molar-refractivity contribution in [3.63, 3.8) is 0 Å². The van der Waals surface area contributed by atoms with E-state index in [0.29, 0.717) is 0 Å². The van der Waals surface area contributed by atoms with E-state index < -0.39 is 0 Å². The zero-order valence-corrected chi connectivity index (χ0v) is 16.9. The van der Waals surface area contributed by atoms with Gasteiger partial charge in [0.2, 0.25) is 0 Å². The lowest BCUT2D eigenvalue weighted by Gasteiger charge is -2.17. The molecule has 26 heavy (non-hydrogen) atoms. The van der Waals surface area contributed by atoms with Crippen LogP contribution in [0.5, 0.6) is 0 Å². The van der Waals surface area contributed by atoms with Crippen molar-refractivity contribution in [3.8, 4) is 0 Å². The minimum Gasteiger partial charge on any atom is -0.345 e. The molecule has 0 saturated carbocycles. The van der Waals surface area contributed by atoms with Crippen LogP contribution in [0.2, 0.25) is 0 Å². The van der Waals surface area contributed by atoms with Gasteiger partial charge < -0.3 is 15.5 Å². The Hall–Kier alpha value is -2.18. The minimum atomic E-state index is -0.114. The van der Waals surface area contributed by atoms with Crippen LogP contribution in [-0.2, 0) is 9.59 Å². The average molecular weight is 419 g/mol. The van der Waals surface area contributed by atoms with Gasteiger partial charge >= 0.3 is 0 Å². The van der Waals surface area contributed by atoms with Crippen LogP contribution in [-0.4, -0.2) is 32.0 Å². The molecule has 0 spiro atoms. The number of benzene rings is 2. The highest BCUT2D eigenvalue weighted by Crippen LogP contribution is 2.19. The Labute approximate surface area is 162 Å². The smallest absolute Gasteiger partial charge is 0.279 e. The number of nitrogens with one attached hydrogen (secondary N) is 3. The molecule has 0 bridgehead atoms. The van der Waals surface area contributed by atoms with Crippen LogP contribution < -0.4 is 15.5 Å². The standard InChI is InChI=1S/C20H24BrN3O2/c1-14-11-17(21)9-10-18(14)23-20(26)13-24(3)12-19(25)22-15(2)16-7-5-4-6-8-16/h4-11,15H,12-13H2,1-3H3,(H,22,25)(H,23,26)/p+1/t15-/m0/s1. The number of likely N-dealkylation sites (N-methyl/N-ethyl adjacent to an activating group) is 1. The molecule has 0 aromatic heterocycles. The molecule has 3 N–H and O–H groups in total. The quantitative estimate of drug-likeness (QED) is 0.644. The minimum absolute atomic E-state index is 0.0595. The predicted octanol–water partition coefficient (Wildman–Crippen LogP) is 2.09. The Kier molecular flexibility index (Phi) is 7.36. The molecule has 0 fully saturated rings. The lowest BCUT2D eigenvalue weighted by molar-refractivity contribution is -0.862. The Balaban J connectivity index is 1.80. The third-order valence-electron chi connectivity index (χ3n) is 4.06. The van der Waals surface area contributed by atoms with Gasteiger partial charge in [-0.05, 0) is 43.2 Å². The van der Waals surface area contributed by atoms with E-state index in [4.69, 9.17) is 0 Å². The van der Waals surface area contributed by atoms with Gasteiger partial charge in [0.05, 0.1) is 13.1 Å². The van der Waals surface area contributed by atoms with E-state index in [1.165, 1.54) is 0 Å². The topological polar surface area (TPSA) is 62.6 Å². The molecular formula is C20H25BrN3O2+. The Morgan fingerprint density at radius 2 is 1.73 bits per heavy atom. The number of carbonyl (C=O) groups is 2. The first-order valence-corrected chi connectivity index (χ1v) is 9.36. The Morgan fingerprint density at radius 1 is 1.08 bits per heavy atom. The highest BCUT2D eigenvalue weighted by atomic mass is 79.9. The Bertz CT molecular complexity index is 765. The van der Waals surface area contributed by atoms with Gasteiger partial charge in [-0.15, -0.1) is 0 Å². The Morgan fingerprint density at radius 3 is 2.38 bits per heavy atom. The number of carbonyl (C=O) groups excluding carboxylic acids is 2. The van der Waals surface area contributed by atoms with E-state index in [1.807, 2.05) is 69.4 Å². The summed E-state index contributed by atoms with van der Waals surface area (Å²) >= 11 is 3.41. The van der Waals surface area contributed by atoms with Gasteiger partial charge in [-0.2, -0.15) is 0 Å². The van der Waals surface area contributed by atoms with Crippen molar-refractivity contribution < 1.29 is 14.5 Å². The molecule has 2 amide bonds. The largest absolute Gasteiger partial charge is 0.345 e. The molecule has 2 atom stereocenters. The molecule has 2 rings (SSSR count). The molecule has 2 aromatic carbocycles. The van der Waals surface area contributed by atoms with Crippen molar-refractivity contribution in [3.05, 3.63) is 64.1 Å². The van der Waals surface area contributed by atoms with Crippen molar-refractivity contribution in [2.24, 2.45) is 0 Å². The monoisotopic (exact) mass is 418 g/mol. The first-order chi connectivity index (χ1) is 12.3. The molecule has 0 aliphatic rings. The van der Waals surface area contributed by atoms with Gasteiger partial charge in [-0.3, -0.25) is 9.59 Å². The molecule has 138 valence electrons. The molecule has 2 aromatic rings. The van der Waals surface area contributed by atoms with Gasteiger partial charge in [-0.25, -0.2) is 0 Å². The van der Waals surface area contributed by atoms with Gasteiger partial charge in [0.15, 0.2) is 13.1 Å². The highest BCUT2D eigenvalue weighted by Gasteiger charge is 2.17. The number of amides is 2. The second-order valence-electron chi connectivity index (χ2n) is 6.52. The first-order valence-electron chi connectivity index (χ1n) is 8.56. The van der Waals surface area contributed by atoms with Crippen molar-refractivity contribution in [2.45, 2.75) is 19.9 Å². The lowest BCUT2D eigenvalue weighted by Crippen LogP contribution is -3.11. The normalized spacial score (nSPS) is 12.9. The number of rotatable bonds is 7. The summed E-state index contributed by atoms with van der Waals surface area (Å²) in [6, 6.07) is 15.4. The molecule has 0 radical (unpaired) electrons. The zero-order valence-electron chi connectivity index (χ0n) is 15.3. The van der Waals surface area contributed by atoms with Crippen molar-refractivity contribution in [1.29, 1.82) is 0 Å². The van der Waals surface area contributed by atoms with Gasteiger partial charge in [-0.1, -0.05) is 46.3 Å². The first kappa shape index (κ1) is 20.1. The number of quaternary nitrogens is 1. The second kappa shape index (κ2) is 9.50. The van der Waals surface area contributed by atoms with E-state index in [9.17, 15) is 9.59 Å². The summed E-state index contributed by atoms with van der Waals surface area (Å²) in [5, 5.41) is 5.86. The molecule has 6 heteroatoms. The predicted molar refractivity (Wildman–Crippen MR) is 107 cm³/mol. The van der Waals surface area contributed by atoms with Crippen LogP contribution >= 0.6 is 15.9 Å². The summed E-state index contributed by atoms with van der Waals surface area (Å²) < 4.78 is 0.972. The SMILES string of the molecule is Cc1cc(Br)ccc1NC(=O)C[NH+](C)CC(=O)N[C@@H](C)c1ccccc1.